The average molecular weight is 397 g/mol. The molecular formula is C19H19N5O3S. The number of carbonyl (C=O) groups is 1. The van der Waals surface area contributed by atoms with Crippen LogP contribution in [0.25, 0.3) is 5.69 Å². The summed E-state index contributed by atoms with van der Waals surface area (Å²) in [6, 6.07) is 10.7. The first-order valence-corrected chi connectivity index (χ1v) is 9.49. The van der Waals surface area contributed by atoms with E-state index >= 15 is 0 Å². The molecule has 1 amide bonds. The molecule has 0 aliphatic rings. The lowest BCUT2D eigenvalue weighted by atomic mass is 10.1. The summed E-state index contributed by atoms with van der Waals surface area (Å²) in [5.74, 6) is -0.304. The lowest BCUT2D eigenvalue weighted by Gasteiger charge is -2.10. The van der Waals surface area contributed by atoms with E-state index in [0.29, 0.717) is 5.16 Å². The van der Waals surface area contributed by atoms with E-state index in [1.165, 1.54) is 23.9 Å². The van der Waals surface area contributed by atoms with E-state index in [-0.39, 0.29) is 23.0 Å². The van der Waals surface area contributed by atoms with Gasteiger partial charge in [0.05, 0.1) is 16.4 Å². The number of nitro benzene ring substituents is 1. The summed E-state index contributed by atoms with van der Waals surface area (Å²) in [6.45, 7) is 5.78. The monoisotopic (exact) mass is 397 g/mol. The van der Waals surface area contributed by atoms with Crippen LogP contribution in [0.2, 0.25) is 0 Å². The van der Waals surface area contributed by atoms with E-state index in [1.807, 2.05) is 30.5 Å². The van der Waals surface area contributed by atoms with Crippen LogP contribution in [0.1, 0.15) is 16.7 Å². The van der Waals surface area contributed by atoms with Crippen LogP contribution in [0, 0.1) is 30.9 Å². The van der Waals surface area contributed by atoms with Gasteiger partial charge in [-0.15, -0.1) is 10.2 Å². The summed E-state index contributed by atoms with van der Waals surface area (Å²) < 4.78 is 1.82. The molecule has 0 atom stereocenters. The normalized spacial score (nSPS) is 10.7. The van der Waals surface area contributed by atoms with Crippen molar-refractivity contribution in [1.82, 2.24) is 14.8 Å². The molecule has 0 fully saturated rings. The number of hydrogen-bond donors (Lipinski definition) is 1. The lowest BCUT2D eigenvalue weighted by Crippen LogP contribution is -2.15. The van der Waals surface area contributed by atoms with Gasteiger partial charge in [0.15, 0.2) is 5.16 Å². The zero-order valence-corrected chi connectivity index (χ0v) is 16.5. The van der Waals surface area contributed by atoms with Crippen LogP contribution >= 0.6 is 11.8 Å². The van der Waals surface area contributed by atoms with Gasteiger partial charge in [-0.25, -0.2) is 0 Å². The number of carbonyl (C=O) groups excluding carboxylic acids is 1. The molecule has 9 heteroatoms. The van der Waals surface area contributed by atoms with Gasteiger partial charge in [-0.3, -0.25) is 19.5 Å². The first-order chi connectivity index (χ1) is 13.3. The maximum absolute atomic E-state index is 12.3. The third-order valence-corrected chi connectivity index (χ3v) is 5.03. The fourth-order valence-electron chi connectivity index (χ4n) is 2.78. The van der Waals surface area contributed by atoms with Crippen molar-refractivity contribution in [2.75, 3.05) is 11.1 Å². The summed E-state index contributed by atoms with van der Waals surface area (Å²) in [5, 5.41) is 22.4. The highest BCUT2D eigenvalue weighted by Gasteiger charge is 2.17. The maximum atomic E-state index is 12.3. The van der Waals surface area contributed by atoms with Crippen molar-refractivity contribution in [3.63, 3.8) is 0 Å². The largest absolute Gasteiger partial charge is 0.320 e. The van der Waals surface area contributed by atoms with Gasteiger partial charge >= 0.3 is 0 Å². The van der Waals surface area contributed by atoms with Crippen LogP contribution in [0.5, 0.6) is 0 Å². The van der Waals surface area contributed by atoms with Gasteiger partial charge in [-0.1, -0.05) is 35.5 Å². The van der Waals surface area contributed by atoms with Gasteiger partial charge in [0.25, 0.3) is 5.69 Å². The van der Waals surface area contributed by atoms with Crippen molar-refractivity contribution in [3.8, 4) is 5.69 Å². The first-order valence-electron chi connectivity index (χ1n) is 8.50. The van der Waals surface area contributed by atoms with Crippen LogP contribution in [-0.2, 0) is 4.79 Å². The summed E-state index contributed by atoms with van der Waals surface area (Å²) in [7, 11) is 0. The van der Waals surface area contributed by atoms with Gasteiger partial charge in [-0.2, -0.15) is 0 Å². The van der Waals surface area contributed by atoms with Crippen molar-refractivity contribution >= 4 is 29.0 Å². The van der Waals surface area contributed by atoms with E-state index in [1.54, 1.807) is 19.3 Å². The molecule has 3 aromatic rings. The second-order valence-electron chi connectivity index (χ2n) is 6.39. The van der Waals surface area contributed by atoms with Gasteiger partial charge < -0.3 is 5.32 Å². The number of aromatic nitrogens is 3. The predicted molar refractivity (Wildman–Crippen MR) is 108 cm³/mol. The Labute approximate surface area is 166 Å². The van der Waals surface area contributed by atoms with Gasteiger partial charge in [0.2, 0.25) is 5.91 Å². The molecule has 0 aliphatic heterocycles. The summed E-state index contributed by atoms with van der Waals surface area (Å²) in [5.41, 5.74) is 3.96. The molecule has 1 N–H and O–H groups in total. The SMILES string of the molecule is Cc1ccc(-n2cnnc2SCC(=O)Nc2ccc(C)cc2[N+](=O)[O-])c(C)c1. The Balaban J connectivity index is 1.72. The molecule has 0 spiro atoms. The topological polar surface area (TPSA) is 103 Å². The van der Waals surface area contributed by atoms with Crippen LogP contribution in [0.4, 0.5) is 11.4 Å². The Kier molecular flexibility index (Phi) is 5.74. The third kappa shape index (κ3) is 4.37. The Morgan fingerprint density at radius 2 is 1.89 bits per heavy atom. The summed E-state index contributed by atoms with van der Waals surface area (Å²) in [4.78, 5) is 23.0. The zero-order chi connectivity index (χ0) is 20.3. The zero-order valence-electron chi connectivity index (χ0n) is 15.7. The molecule has 0 saturated carbocycles. The smallest absolute Gasteiger partial charge is 0.293 e. The van der Waals surface area contributed by atoms with Gasteiger partial charge in [0, 0.05) is 6.07 Å². The molecule has 0 saturated heterocycles. The second-order valence-corrected chi connectivity index (χ2v) is 7.33. The number of anilines is 1. The van der Waals surface area contributed by atoms with Crippen molar-refractivity contribution in [3.05, 3.63) is 69.5 Å². The number of benzene rings is 2. The standard InChI is InChI=1S/C19H19N5O3S/c1-12-5-7-16(14(3)8-12)23-11-20-22-19(23)28-10-18(25)21-15-6-4-13(2)9-17(15)24(26)27/h4-9,11H,10H2,1-3H3,(H,21,25). The van der Waals surface area contributed by atoms with E-state index < -0.39 is 4.92 Å². The number of hydrogen-bond acceptors (Lipinski definition) is 6. The minimum Gasteiger partial charge on any atom is -0.320 e. The fourth-order valence-corrected chi connectivity index (χ4v) is 3.50. The van der Waals surface area contributed by atoms with Crippen molar-refractivity contribution in [2.24, 2.45) is 0 Å². The molecule has 144 valence electrons. The second kappa shape index (κ2) is 8.22. The molecule has 1 heterocycles. The van der Waals surface area contributed by atoms with Crippen LogP contribution in [0.15, 0.2) is 47.9 Å². The Hall–Kier alpha value is -3.20. The van der Waals surface area contributed by atoms with Crippen LogP contribution < -0.4 is 5.32 Å². The average Bonchev–Trinajstić information content (AvgIpc) is 3.09. The van der Waals surface area contributed by atoms with Crippen molar-refractivity contribution in [2.45, 2.75) is 25.9 Å². The number of nitro groups is 1. The highest BCUT2D eigenvalue weighted by Crippen LogP contribution is 2.26. The molecule has 0 bridgehead atoms. The molecule has 2 aromatic carbocycles. The number of amides is 1. The molecule has 8 nitrogen and oxygen atoms in total. The van der Waals surface area contributed by atoms with Crippen LogP contribution in [0.3, 0.4) is 0 Å². The molecular weight excluding hydrogens is 378 g/mol. The summed E-state index contributed by atoms with van der Waals surface area (Å²) >= 11 is 1.21. The molecule has 0 unspecified atom stereocenters. The number of aryl methyl sites for hydroxylation is 3. The molecule has 28 heavy (non-hydrogen) atoms. The van der Waals surface area contributed by atoms with Crippen LogP contribution in [-0.4, -0.2) is 31.3 Å². The van der Waals surface area contributed by atoms with Crippen molar-refractivity contribution < 1.29 is 9.72 Å². The van der Waals surface area contributed by atoms with E-state index in [4.69, 9.17) is 0 Å². The Morgan fingerprint density at radius 3 is 2.61 bits per heavy atom. The lowest BCUT2D eigenvalue weighted by molar-refractivity contribution is -0.384. The number of nitrogens with zero attached hydrogens (tertiary/aromatic N) is 4. The quantitative estimate of drug-likeness (QED) is 0.385. The highest BCUT2D eigenvalue weighted by atomic mass is 32.2. The number of nitrogens with one attached hydrogen (secondary N) is 1. The van der Waals surface area contributed by atoms with E-state index in [0.717, 1.165) is 22.4 Å². The fraction of sp³-hybridized carbons (Fsp3) is 0.211. The molecule has 0 radical (unpaired) electrons. The Bertz CT molecular complexity index is 1050. The Morgan fingerprint density at radius 1 is 1.18 bits per heavy atom. The number of thioether (sulfide) groups is 1. The van der Waals surface area contributed by atoms with E-state index in [2.05, 4.69) is 21.6 Å². The first kappa shape index (κ1) is 19.6. The predicted octanol–water partition coefficient (Wildman–Crippen LogP) is 3.83. The van der Waals surface area contributed by atoms with E-state index in [9.17, 15) is 14.9 Å². The summed E-state index contributed by atoms with van der Waals surface area (Å²) in [6.07, 6.45) is 1.60. The molecule has 0 aliphatic carbocycles. The minimum atomic E-state index is -0.507. The maximum Gasteiger partial charge on any atom is 0.293 e. The molecule has 1 aromatic heterocycles. The molecule has 3 rings (SSSR count). The van der Waals surface area contributed by atoms with Gasteiger partial charge in [-0.05, 0) is 44.0 Å². The van der Waals surface area contributed by atoms with Gasteiger partial charge in [0.1, 0.15) is 12.0 Å². The highest BCUT2D eigenvalue weighted by molar-refractivity contribution is 7.99. The van der Waals surface area contributed by atoms with Crippen molar-refractivity contribution in [1.29, 1.82) is 0 Å². The number of rotatable bonds is 6. The third-order valence-electron chi connectivity index (χ3n) is 4.08. The minimum absolute atomic E-state index is 0.0502.